The number of nitrogens with one attached hydrogen (secondary N) is 1. The molecule has 2 aromatic heterocycles. The molecule has 0 saturated carbocycles. The number of nitrogens with zero attached hydrogens (tertiary/aromatic N) is 2. The van der Waals surface area contributed by atoms with Gasteiger partial charge in [-0.15, -0.1) is 0 Å². The predicted molar refractivity (Wildman–Crippen MR) is 110 cm³/mol. The number of carbonyl (C=O) groups excluding carboxylic acids is 1. The Morgan fingerprint density at radius 2 is 1.97 bits per heavy atom. The molecule has 0 atom stereocenters. The Morgan fingerprint density at radius 1 is 1.20 bits per heavy atom. The Balaban J connectivity index is 1.39. The van der Waals surface area contributed by atoms with Crippen LogP contribution in [0.4, 0.5) is 0 Å². The normalized spacial score (nSPS) is 14.5. The quantitative estimate of drug-likeness (QED) is 0.696. The standard InChI is InChI=1S/C22H23N3O5/c1-14-11-16(12-21(26)29-14)30-15-7-9-25(10-8-15)22(27)19-13-18(23-24-19)17-5-3-4-6-20(17)28-2/h3-6,11-13,15H,7-10H2,1-2H3,(H,23,24). The summed E-state index contributed by atoms with van der Waals surface area (Å²) in [6, 6.07) is 12.3. The molecule has 1 fully saturated rings. The molecule has 0 unspecified atom stereocenters. The second-order valence-corrected chi connectivity index (χ2v) is 7.20. The zero-order valence-corrected chi connectivity index (χ0v) is 16.9. The maximum Gasteiger partial charge on any atom is 0.339 e. The summed E-state index contributed by atoms with van der Waals surface area (Å²) < 4.78 is 16.2. The van der Waals surface area contributed by atoms with Gasteiger partial charge in [0.15, 0.2) is 0 Å². The number of carbonyl (C=O) groups is 1. The highest BCUT2D eigenvalue weighted by Gasteiger charge is 2.26. The molecule has 1 N–H and O–H groups in total. The van der Waals surface area contributed by atoms with Crippen molar-refractivity contribution in [3.63, 3.8) is 0 Å². The fourth-order valence-corrected chi connectivity index (χ4v) is 3.61. The summed E-state index contributed by atoms with van der Waals surface area (Å²) in [6.07, 6.45) is 1.30. The predicted octanol–water partition coefficient (Wildman–Crippen LogP) is 3.03. The minimum atomic E-state index is -0.428. The van der Waals surface area contributed by atoms with Crippen LogP contribution in [0.25, 0.3) is 11.3 Å². The van der Waals surface area contributed by atoms with Gasteiger partial charge in [0.1, 0.15) is 29.1 Å². The number of piperidine rings is 1. The number of aryl methyl sites for hydroxylation is 1. The molecule has 1 aromatic carbocycles. The molecule has 8 heteroatoms. The Labute approximate surface area is 173 Å². The zero-order chi connectivity index (χ0) is 21.1. The van der Waals surface area contributed by atoms with Crippen molar-refractivity contribution in [3.8, 4) is 22.8 Å². The topological polar surface area (TPSA) is 97.7 Å². The number of amides is 1. The molecule has 0 aliphatic carbocycles. The maximum absolute atomic E-state index is 12.9. The first kappa shape index (κ1) is 19.8. The Hall–Kier alpha value is -3.55. The van der Waals surface area contributed by atoms with Gasteiger partial charge < -0.3 is 18.8 Å². The molecule has 3 aromatic rings. The van der Waals surface area contributed by atoms with Crippen LogP contribution in [-0.4, -0.2) is 47.3 Å². The second-order valence-electron chi connectivity index (χ2n) is 7.20. The number of H-pyrrole nitrogens is 1. The third-order valence-electron chi connectivity index (χ3n) is 5.09. The molecule has 1 aliphatic rings. The molecular formula is C22H23N3O5. The Morgan fingerprint density at radius 3 is 2.70 bits per heavy atom. The highest BCUT2D eigenvalue weighted by molar-refractivity contribution is 5.93. The van der Waals surface area contributed by atoms with E-state index >= 15 is 0 Å². The van der Waals surface area contributed by atoms with Gasteiger partial charge in [0.25, 0.3) is 5.91 Å². The van der Waals surface area contributed by atoms with Crippen LogP contribution in [0.1, 0.15) is 29.1 Å². The van der Waals surface area contributed by atoms with Crippen LogP contribution in [0.15, 0.2) is 51.7 Å². The summed E-state index contributed by atoms with van der Waals surface area (Å²) in [5.74, 6) is 1.61. The molecular weight excluding hydrogens is 386 g/mol. The van der Waals surface area contributed by atoms with Gasteiger partial charge in [-0.25, -0.2) is 4.79 Å². The van der Waals surface area contributed by atoms with Crippen molar-refractivity contribution in [2.45, 2.75) is 25.9 Å². The highest BCUT2D eigenvalue weighted by atomic mass is 16.5. The number of para-hydroxylation sites is 1. The fraction of sp³-hybridized carbons (Fsp3) is 0.318. The van der Waals surface area contributed by atoms with E-state index in [1.165, 1.54) is 6.07 Å². The third kappa shape index (κ3) is 4.22. The molecule has 3 heterocycles. The summed E-state index contributed by atoms with van der Waals surface area (Å²) in [5, 5.41) is 7.13. The van der Waals surface area contributed by atoms with Crippen LogP contribution in [0.5, 0.6) is 11.5 Å². The average Bonchev–Trinajstić information content (AvgIpc) is 3.23. The van der Waals surface area contributed by atoms with Gasteiger partial charge in [0.2, 0.25) is 0 Å². The third-order valence-corrected chi connectivity index (χ3v) is 5.09. The number of hydrogen-bond donors (Lipinski definition) is 1. The molecule has 1 aliphatic heterocycles. The molecule has 1 amide bonds. The lowest BCUT2D eigenvalue weighted by molar-refractivity contribution is 0.0589. The average molecular weight is 409 g/mol. The lowest BCUT2D eigenvalue weighted by Gasteiger charge is -2.31. The number of likely N-dealkylation sites (tertiary alicyclic amines) is 1. The second kappa shape index (κ2) is 8.44. The van der Waals surface area contributed by atoms with Crippen molar-refractivity contribution in [3.05, 3.63) is 64.3 Å². The largest absolute Gasteiger partial charge is 0.496 e. The van der Waals surface area contributed by atoms with Crippen LogP contribution in [0.2, 0.25) is 0 Å². The van der Waals surface area contributed by atoms with E-state index < -0.39 is 5.63 Å². The molecule has 0 spiro atoms. The molecule has 0 radical (unpaired) electrons. The van der Waals surface area contributed by atoms with E-state index in [2.05, 4.69) is 10.2 Å². The molecule has 30 heavy (non-hydrogen) atoms. The van der Waals surface area contributed by atoms with Gasteiger partial charge in [0, 0.05) is 37.6 Å². The minimum absolute atomic E-state index is 0.0545. The van der Waals surface area contributed by atoms with Gasteiger partial charge in [-0.05, 0) is 25.1 Å². The van der Waals surface area contributed by atoms with Crippen molar-refractivity contribution in [2.75, 3.05) is 20.2 Å². The van der Waals surface area contributed by atoms with Crippen molar-refractivity contribution in [2.24, 2.45) is 0 Å². The first-order valence-electron chi connectivity index (χ1n) is 9.80. The number of rotatable bonds is 5. The van der Waals surface area contributed by atoms with Crippen LogP contribution < -0.4 is 15.1 Å². The van der Waals surface area contributed by atoms with E-state index in [9.17, 15) is 9.59 Å². The van der Waals surface area contributed by atoms with Crippen molar-refractivity contribution < 1.29 is 18.7 Å². The van der Waals surface area contributed by atoms with Crippen LogP contribution >= 0.6 is 0 Å². The SMILES string of the molecule is COc1ccccc1-c1cc(C(=O)N2CCC(Oc3cc(C)oc(=O)c3)CC2)[nH]n1. The smallest absolute Gasteiger partial charge is 0.339 e. The van der Waals surface area contributed by atoms with Crippen LogP contribution in [-0.2, 0) is 0 Å². The van der Waals surface area contributed by atoms with E-state index in [-0.39, 0.29) is 12.0 Å². The summed E-state index contributed by atoms with van der Waals surface area (Å²) in [4.78, 5) is 26.1. The lowest BCUT2D eigenvalue weighted by atomic mass is 10.1. The molecule has 156 valence electrons. The summed E-state index contributed by atoms with van der Waals surface area (Å²) >= 11 is 0. The van der Waals surface area contributed by atoms with E-state index in [4.69, 9.17) is 13.9 Å². The molecule has 1 saturated heterocycles. The van der Waals surface area contributed by atoms with Crippen LogP contribution in [0, 0.1) is 6.92 Å². The van der Waals surface area contributed by atoms with Gasteiger partial charge in [0.05, 0.1) is 18.9 Å². The lowest BCUT2D eigenvalue weighted by Crippen LogP contribution is -2.42. The van der Waals surface area contributed by atoms with Crippen molar-refractivity contribution in [1.29, 1.82) is 0 Å². The Kier molecular flexibility index (Phi) is 5.56. The number of methoxy groups -OCH3 is 1. The highest BCUT2D eigenvalue weighted by Crippen LogP contribution is 2.29. The molecule has 4 rings (SSSR count). The first-order chi connectivity index (χ1) is 14.5. The van der Waals surface area contributed by atoms with Crippen LogP contribution in [0.3, 0.4) is 0 Å². The molecule has 8 nitrogen and oxygen atoms in total. The number of aromatic amines is 1. The van der Waals surface area contributed by atoms with Gasteiger partial charge in [-0.1, -0.05) is 12.1 Å². The van der Waals surface area contributed by atoms with E-state index in [1.807, 2.05) is 24.3 Å². The van der Waals surface area contributed by atoms with E-state index in [0.29, 0.717) is 54.6 Å². The summed E-state index contributed by atoms with van der Waals surface area (Å²) in [5.41, 5.74) is 1.49. The van der Waals surface area contributed by atoms with Gasteiger partial charge in [-0.2, -0.15) is 5.10 Å². The maximum atomic E-state index is 12.9. The number of ether oxygens (including phenoxy) is 2. The number of aromatic nitrogens is 2. The summed E-state index contributed by atoms with van der Waals surface area (Å²) in [6.45, 7) is 2.83. The zero-order valence-electron chi connectivity index (χ0n) is 16.9. The monoisotopic (exact) mass is 409 g/mol. The van der Waals surface area contributed by atoms with E-state index in [0.717, 1.165) is 5.56 Å². The van der Waals surface area contributed by atoms with Gasteiger partial charge in [-0.3, -0.25) is 9.89 Å². The van der Waals surface area contributed by atoms with E-state index in [1.54, 1.807) is 31.1 Å². The Bertz CT molecular complexity index is 1100. The first-order valence-corrected chi connectivity index (χ1v) is 9.80. The number of benzene rings is 1. The van der Waals surface area contributed by atoms with Crippen molar-refractivity contribution in [1.82, 2.24) is 15.1 Å². The fourth-order valence-electron chi connectivity index (χ4n) is 3.61. The molecule has 0 bridgehead atoms. The number of hydrogen-bond acceptors (Lipinski definition) is 6. The summed E-state index contributed by atoms with van der Waals surface area (Å²) in [7, 11) is 1.60. The minimum Gasteiger partial charge on any atom is -0.496 e. The van der Waals surface area contributed by atoms with Gasteiger partial charge >= 0.3 is 5.63 Å². The van der Waals surface area contributed by atoms with Crippen molar-refractivity contribution >= 4 is 5.91 Å².